The maximum absolute atomic E-state index is 3.20. The van der Waals surface area contributed by atoms with E-state index in [1.54, 1.807) is 0 Å². The number of rotatable bonds is 5. The fourth-order valence-electron chi connectivity index (χ4n) is 2.47. The Hall–Kier alpha value is -2.03. The predicted molar refractivity (Wildman–Crippen MR) is 94.3 cm³/mol. The van der Waals surface area contributed by atoms with Gasteiger partial charge in [0, 0.05) is 6.54 Å². The molecule has 0 aliphatic heterocycles. The van der Waals surface area contributed by atoms with Crippen LogP contribution in [0.15, 0.2) is 99.6 Å². The van der Waals surface area contributed by atoms with E-state index in [1.807, 2.05) is 7.05 Å². The van der Waals surface area contributed by atoms with Crippen LogP contribution in [-0.4, -0.2) is 7.05 Å². The molecule has 1 N–H and O–H groups in total. The fraction of sp³-hybridized carbons (Fsp3) is 0.100. The lowest BCUT2D eigenvalue weighted by atomic mass is 10.2. The van der Waals surface area contributed by atoms with Crippen molar-refractivity contribution in [1.29, 1.82) is 0 Å². The molecule has 0 spiro atoms. The van der Waals surface area contributed by atoms with E-state index in [0.717, 1.165) is 6.54 Å². The summed E-state index contributed by atoms with van der Waals surface area (Å²) >= 11 is 0. The number of hydrogen-bond donors (Lipinski definition) is 1. The number of nitrogens with one attached hydrogen (secondary N) is 1. The largest absolute Gasteiger partial charge is 0.316 e. The first kappa shape index (κ1) is 14.9. The van der Waals surface area contributed by atoms with Gasteiger partial charge in [0.15, 0.2) is 14.7 Å². The second-order valence-electron chi connectivity index (χ2n) is 5.11. The average Bonchev–Trinajstić information content (AvgIpc) is 2.59. The van der Waals surface area contributed by atoms with Gasteiger partial charge in [0.1, 0.15) is 0 Å². The van der Waals surface area contributed by atoms with Crippen LogP contribution in [0.25, 0.3) is 0 Å². The van der Waals surface area contributed by atoms with Crippen LogP contribution in [0.2, 0.25) is 0 Å². The van der Waals surface area contributed by atoms with Gasteiger partial charge in [-0.05, 0) is 49.0 Å². The second-order valence-corrected chi connectivity index (χ2v) is 7.13. The van der Waals surface area contributed by atoms with Crippen molar-refractivity contribution in [2.45, 2.75) is 21.2 Å². The Balaban J connectivity index is 2.02. The van der Waals surface area contributed by atoms with Crippen LogP contribution in [0, 0.1) is 0 Å². The Labute approximate surface area is 135 Å². The van der Waals surface area contributed by atoms with Gasteiger partial charge in [-0.1, -0.05) is 48.5 Å². The summed E-state index contributed by atoms with van der Waals surface area (Å²) in [5.74, 6) is 0. The quantitative estimate of drug-likeness (QED) is 0.684. The van der Waals surface area contributed by atoms with Gasteiger partial charge in [-0.25, -0.2) is 0 Å². The van der Waals surface area contributed by atoms with Crippen LogP contribution >= 0.6 is 0 Å². The van der Waals surface area contributed by atoms with Crippen molar-refractivity contribution in [2.75, 3.05) is 7.05 Å². The smallest absolute Gasteiger partial charge is 0.166 e. The van der Waals surface area contributed by atoms with Gasteiger partial charge < -0.3 is 5.32 Å². The van der Waals surface area contributed by atoms with Gasteiger partial charge in [-0.15, -0.1) is 0 Å². The standard InChI is InChI=1S/C20H20NS/c1-21-16-17-12-14-20(15-13-17)22(18-8-4-2-5-9-18)19-10-6-3-7-11-19/h2-15,21H,16H2,1H3/q+1. The monoisotopic (exact) mass is 306 g/mol. The van der Waals surface area contributed by atoms with Crippen molar-refractivity contribution in [3.63, 3.8) is 0 Å². The van der Waals surface area contributed by atoms with E-state index in [4.69, 9.17) is 0 Å². The van der Waals surface area contributed by atoms with Crippen molar-refractivity contribution >= 4 is 10.9 Å². The van der Waals surface area contributed by atoms with Gasteiger partial charge in [-0.3, -0.25) is 0 Å². The van der Waals surface area contributed by atoms with Gasteiger partial charge in [0.05, 0.1) is 10.9 Å². The Morgan fingerprint density at radius 3 is 1.55 bits per heavy atom. The molecule has 0 saturated heterocycles. The van der Waals surface area contributed by atoms with Crippen molar-refractivity contribution in [3.05, 3.63) is 90.5 Å². The maximum Gasteiger partial charge on any atom is 0.166 e. The molecule has 3 aromatic rings. The second kappa shape index (κ2) is 7.30. The van der Waals surface area contributed by atoms with E-state index in [1.165, 1.54) is 20.2 Å². The molecular formula is C20H20NS+. The third-order valence-corrected chi connectivity index (χ3v) is 5.73. The third kappa shape index (κ3) is 3.41. The first-order valence-electron chi connectivity index (χ1n) is 7.46. The van der Waals surface area contributed by atoms with Crippen molar-refractivity contribution in [2.24, 2.45) is 0 Å². The van der Waals surface area contributed by atoms with Crippen molar-refractivity contribution in [1.82, 2.24) is 5.32 Å². The molecule has 0 fully saturated rings. The molecular weight excluding hydrogens is 286 g/mol. The minimum absolute atomic E-state index is 0.0472. The van der Waals surface area contributed by atoms with Crippen LogP contribution in [0.3, 0.4) is 0 Å². The third-order valence-electron chi connectivity index (χ3n) is 3.50. The highest BCUT2D eigenvalue weighted by atomic mass is 32.2. The fourth-order valence-corrected chi connectivity index (χ4v) is 4.55. The normalized spacial score (nSPS) is 10.8. The minimum Gasteiger partial charge on any atom is -0.316 e. The molecule has 3 rings (SSSR count). The van der Waals surface area contributed by atoms with E-state index >= 15 is 0 Å². The summed E-state index contributed by atoms with van der Waals surface area (Å²) in [6.45, 7) is 0.907. The zero-order valence-corrected chi connectivity index (χ0v) is 13.5. The number of benzene rings is 3. The van der Waals surface area contributed by atoms with Gasteiger partial charge >= 0.3 is 0 Å². The van der Waals surface area contributed by atoms with Crippen LogP contribution in [0.1, 0.15) is 5.56 Å². The van der Waals surface area contributed by atoms with Crippen LogP contribution < -0.4 is 5.32 Å². The Kier molecular flexibility index (Phi) is 4.94. The molecule has 1 nitrogen and oxygen atoms in total. The Bertz CT molecular complexity index is 653. The van der Waals surface area contributed by atoms with E-state index in [2.05, 4.69) is 90.2 Å². The first-order chi connectivity index (χ1) is 10.9. The van der Waals surface area contributed by atoms with Crippen LogP contribution in [-0.2, 0) is 17.4 Å². The molecule has 0 unspecified atom stereocenters. The molecule has 2 heteroatoms. The van der Waals surface area contributed by atoms with E-state index in [9.17, 15) is 0 Å². The topological polar surface area (TPSA) is 12.0 Å². The summed E-state index contributed by atoms with van der Waals surface area (Å²) < 4.78 is 0. The highest BCUT2D eigenvalue weighted by Gasteiger charge is 2.27. The highest BCUT2D eigenvalue weighted by Crippen LogP contribution is 2.30. The van der Waals surface area contributed by atoms with Crippen LogP contribution in [0.5, 0.6) is 0 Å². The SMILES string of the molecule is CNCc1ccc([S+](c2ccccc2)c2ccccc2)cc1. The predicted octanol–water partition coefficient (Wildman–Crippen LogP) is 4.50. The molecule has 0 aliphatic rings. The highest BCUT2D eigenvalue weighted by molar-refractivity contribution is 7.97. The molecule has 0 saturated carbocycles. The summed E-state index contributed by atoms with van der Waals surface area (Å²) in [5, 5.41) is 3.20. The summed E-state index contributed by atoms with van der Waals surface area (Å²) in [4.78, 5) is 4.07. The molecule has 0 aliphatic carbocycles. The lowest BCUT2D eigenvalue weighted by molar-refractivity contribution is 0.817. The minimum atomic E-state index is -0.0472. The molecule has 3 aromatic carbocycles. The van der Waals surface area contributed by atoms with Crippen molar-refractivity contribution < 1.29 is 0 Å². The van der Waals surface area contributed by atoms with E-state index in [0.29, 0.717) is 0 Å². The van der Waals surface area contributed by atoms with Gasteiger partial charge in [0.2, 0.25) is 0 Å². The molecule has 0 heterocycles. The zero-order valence-electron chi connectivity index (χ0n) is 12.7. The van der Waals surface area contributed by atoms with Crippen LogP contribution in [0.4, 0.5) is 0 Å². The summed E-state index contributed by atoms with van der Waals surface area (Å²) in [7, 11) is 1.93. The molecule has 0 bridgehead atoms. The van der Waals surface area contributed by atoms with E-state index in [-0.39, 0.29) is 10.9 Å². The Morgan fingerprint density at radius 2 is 1.09 bits per heavy atom. The van der Waals surface area contributed by atoms with Gasteiger partial charge in [0.25, 0.3) is 0 Å². The zero-order chi connectivity index (χ0) is 15.2. The summed E-state index contributed by atoms with van der Waals surface area (Å²) in [5.41, 5.74) is 1.32. The molecule has 110 valence electrons. The van der Waals surface area contributed by atoms with E-state index < -0.39 is 0 Å². The molecule has 22 heavy (non-hydrogen) atoms. The average molecular weight is 306 g/mol. The lowest BCUT2D eigenvalue weighted by Gasteiger charge is -2.08. The lowest BCUT2D eigenvalue weighted by Crippen LogP contribution is -2.07. The molecule has 0 aromatic heterocycles. The molecule has 0 amide bonds. The molecule has 0 atom stereocenters. The Morgan fingerprint density at radius 1 is 0.636 bits per heavy atom. The first-order valence-corrected chi connectivity index (χ1v) is 8.69. The summed E-state index contributed by atoms with van der Waals surface area (Å²) in [6.07, 6.45) is 0. The van der Waals surface area contributed by atoms with Gasteiger partial charge in [-0.2, -0.15) is 0 Å². The summed E-state index contributed by atoms with van der Waals surface area (Å²) in [6, 6.07) is 30.5. The van der Waals surface area contributed by atoms with Crippen molar-refractivity contribution in [3.8, 4) is 0 Å². The number of hydrogen-bond acceptors (Lipinski definition) is 1. The maximum atomic E-state index is 3.20. The molecule has 0 radical (unpaired) electrons.